The van der Waals surface area contributed by atoms with E-state index in [2.05, 4.69) is 4.74 Å². The molecule has 42 heavy (non-hydrogen) atoms. The van der Waals surface area contributed by atoms with Crippen LogP contribution in [0.3, 0.4) is 0 Å². The van der Waals surface area contributed by atoms with Crippen LogP contribution in [-0.2, 0) is 20.7 Å². The van der Waals surface area contributed by atoms with Gasteiger partial charge in [0.25, 0.3) is 0 Å². The number of carbonyl (C=O) groups excluding carboxylic acids is 2. The highest BCUT2D eigenvalue weighted by atomic mass is 35.5. The summed E-state index contributed by atoms with van der Waals surface area (Å²) in [6, 6.07) is 13.2. The molecule has 1 aliphatic carbocycles. The molecule has 0 N–H and O–H groups in total. The second-order valence-electron chi connectivity index (χ2n) is 9.54. The van der Waals surface area contributed by atoms with Crippen LogP contribution in [0.15, 0.2) is 60.9 Å². The first-order valence-electron chi connectivity index (χ1n) is 12.8. The number of hydrogen-bond acceptors (Lipinski definition) is 8. The summed E-state index contributed by atoms with van der Waals surface area (Å²) in [6.45, 7) is -3.47. The van der Waals surface area contributed by atoms with Gasteiger partial charge < -0.3 is 24.2 Å². The fraction of sp³-hybridized carbons (Fsp3) is 0.276. The SMILES string of the molecule is O=C(COC(=O)c1cc2ccccc2s1)OC(Cc1c(Cl)c[n+]([O-])cc1Cl)c1ccc(OC(F)F)c(OCC2CC2)c1. The van der Waals surface area contributed by atoms with Gasteiger partial charge in [0.15, 0.2) is 30.5 Å². The van der Waals surface area contributed by atoms with Crippen molar-refractivity contribution in [3.05, 3.63) is 92.2 Å². The number of halogens is 4. The van der Waals surface area contributed by atoms with Crippen LogP contribution in [-0.4, -0.2) is 31.8 Å². The van der Waals surface area contributed by atoms with Gasteiger partial charge >= 0.3 is 18.6 Å². The second-order valence-corrected chi connectivity index (χ2v) is 11.4. The normalized spacial score (nSPS) is 13.6. The number of rotatable bonds is 12. The molecule has 0 bridgehead atoms. The number of nitrogens with zero attached hydrogens (tertiary/aromatic N) is 1. The average Bonchev–Trinajstić information content (AvgIpc) is 3.67. The molecule has 2 heterocycles. The van der Waals surface area contributed by atoms with Gasteiger partial charge in [0.1, 0.15) is 21.0 Å². The molecular formula is C29H23Cl2F2NO7S. The third-order valence-corrected chi connectivity index (χ3v) is 8.14. The van der Waals surface area contributed by atoms with E-state index in [1.165, 1.54) is 29.5 Å². The lowest BCUT2D eigenvalue weighted by atomic mass is 10.0. The van der Waals surface area contributed by atoms with Crippen molar-refractivity contribution in [1.82, 2.24) is 0 Å². The summed E-state index contributed by atoms with van der Waals surface area (Å²) < 4.78 is 48.7. The Bertz CT molecular complexity index is 1560. The molecule has 1 fully saturated rings. The van der Waals surface area contributed by atoms with Crippen LogP contribution in [0, 0.1) is 11.1 Å². The first kappa shape index (κ1) is 29.8. The van der Waals surface area contributed by atoms with Crippen LogP contribution in [0.1, 0.15) is 39.7 Å². The maximum Gasteiger partial charge on any atom is 0.387 e. The van der Waals surface area contributed by atoms with Crippen molar-refractivity contribution < 1.29 is 42.0 Å². The Morgan fingerprint density at radius 1 is 1.05 bits per heavy atom. The van der Waals surface area contributed by atoms with Crippen LogP contribution in [0.4, 0.5) is 8.78 Å². The zero-order valence-corrected chi connectivity index (χ0v) is 24.1. The van der Waals surface area contributed by atoms with Gasteiger partial charge in [-0.1, -0.05) is 47.5 Å². The Morgan fingerprint density at radius 3 is 2.48 bits per heavy atom. The highest BCUT2D eigenvalue weighted by molar-refractivity contribution is 7.20. The Kier molecular flexibility index (Phi) is 9.30. The molecule has 0 saturated heterocycles. The summed E-state index contributed by atoms with van der Waals surface area (Å²) in [5.41, 5.74) is 0.649. The second kappa shape index (κ2) is 13.1. The van der Waals surface area contributed by atoms with Gasteiger partial charge in [-0.3, -0.25) is 0 Å². The summed E-state index contributed by atoms with van der Waals surface area (Å²) in [5.74, 6) is -1.40. The largest absolute Gasteiger partial charge is 0.619 e. The Hall–Kier alpha value is -3.67. The number of hydrogen-bond donors (Lipinski definition) is 0. The number of thiophene rings is 1. The Labute approximate surface area is 252 Å². The van der Waals surface area contributed by atoms with Crippen LogP contribution >= 0.6 is 34.5 Å². The minimum atomic E-state index is -3.08. The number of benzene rings is 2. The first-order valence-corrected chi connectivity index (χ1v) is 14.4. The molecule has 1 saturated carbocycles. The first-order chi connectivity index (χ1) is 20.2. The minimum absolute atomic E-state index is 0.0256. The lowest BCUT2D eigenvalue weighted by molar-refractivity contribution is -0.605. The highest BCUT2D eigenvalue weighted by Crippen LogP contribution is 2.38. The molecule has 0 radical (unpaired) electrons. The van der Waals surface area contributed by atoms with Gasteiger partial charge in [0.2, 0.25) is 0 Å². The molecule has 4 aromatic rings. The van der Waals surface area contributed by atoms with E-state index in [1.807, 2.05) is 24.3 Å². The summed E-state index contributed by atoms with van der Waals surface area (Å²) in [4.78, 5) is 25.8. The lowest BCUT2D eigenvalue weighted by Crippen LogP contribution is -2.26. The van der Waals surface area contributed by atoms with Crippen molar-refractivity contribution in [3.8, 4) is 11.5 Å². The molecule has 0 amide bonds. The van der Waals surface area contributed by atoms with Crippen LogP contribution in [0.25, 0.3) is 10.1 Å². The zero-order chi connectivity index (χ0) is 29.8. The molecule has 0 spiro atoms. The molecule has 220 valence electrons. The van der Waals surface area contributed by atoms with E-state index in [0.717, 1.165) is 35.3 Å². The molecule has 5 rings (SSSR count). The molecule has 13 heteroatoms. The van der Waals surface area contributed by atoms with E-state index in [9.17, 15) is 23.6 Å². The molecule has 1 unspecified atom stereocenters. The molecular weight excluding hydrogens is 615 g/mol. The number of pyridine rings is 1. The Balaban J connectivity index is 1.36. The number of esters is 2. The molecule has 1 aliphatic rings. The van der Waals surface area contributed by atoms with E-state index in [4.69, 9.17) is 37.4 Å². The summed E-state index contributed by atoms with van der Waals surface area (Å²) in [7, 11) is 0. The van der Waals surface area contributed by atoms with E-state index in [1.54, 1.807) is 6.07 Å². The van der Waals surface area contributed by atoms with Gasteiger partial charge in [-0.15, -0.1) is 11.3 Å². The van der Waals surface area contributed by atoms with Gasteiger partial charge in [-0.05, 0) is 54.0 Å². The highest BCUT2D eigenvalue weighted by Gasteiger charge is 2.27. The standard InChI is InChI=1S/C29H23Cl2F2NO7S/c30-20-12-34(37)13-21(31)19(20)11-23(17-7-8-22(41-29(32)33)24(9-17)38-14-16-5-6-16)40-27(35)15-39-28(36)26-10-18-3-1-2-4-25(18)42-26/h1-4,7-10,12-13,16,23,29H,5-6,11,14-15H2. The molecule has 2 aromatic heterocycles. The lowest BCUT2D eigenvalue weighted by Gasteiger charge is -2.21. The van der Waals surface area contributed by atoms with E-state index >= 15 is 0 Å². The number of carbonyl (C=O) groups is 2. The molecule has 1 atom stereocenters. The maximum absolute atomic E-state index is 13.0. The fourth-order valence-electron chi connectivity index (χ4n) is 4.13. The van der Waals surface area contributed by atoms with Crippen LogP contribution < -0.4 is 14.2 Å². The number of aromatic nitrogens is 1. The Morgan fingerprint density at radius 2 is 1.79 bits per heavy atom. The van der Waals surface area contributed by atoms with Crippen molar-refractivity contribution >= 4 is 56.6 Å². The van der Waals surface area contributed by atoms with Gasteiger partial charge in [-0.25, -0.2) is 9.59 Å². The van der Waals surface area contributed by atoms with Gasteiger partial charge in [0.05, 0.1) is 6.61 Å². The molecule has 8 nitrogen and oxygen atoms in total. The topological polar surface area (TPSA) is 98.0 Å². The van der Waals surface area contributed by atoms with Crippen molar-refractivity contribution in [2.45, 2.75) is 32.0 Å². The predicted molar refractivity (Wildman–Crippen MR) is 151 cm³/mol. The monoisotopic (exact) mass is 637 g/mol. The van der Waals surface area contributed by atoms with E-state index in [0.29, 0.717) is 33.3 Å². The van der Waals surface area contributed by atoms with Crippen molar-refractivity contribution in [1.29, 1.82) is 0 Å². The summed E-state index contributed by atoms with van der Waals surface area (Å²) in [6.07, 6.45) is 2.95. The summed E-state index contributed by atoms with van der Waals surface area (Å²) >= 11 is 13.8. The third kappa shape index (κ3) is 7.58. The molecule has 0 aliphatic heterocycles. The van der Waals surface area contributed by atoms with Crippen molar-refractivity contribution in [3.63, 3.8) is 0 Å². The quantitative estimate of drug-likeness (QED) is 0.0945. The maximum atomic E-state index is 13.0. The fourth-order valence-corrected chi connectivity index (χ4v) is 5.69. The smallest absolute Gasteiger partial charge is 0.387 e. The van der Waals surface area contributed by atoms with E-state index < -0.39 is 31.3 Å². The van der Waals surface area contributed by atoms with Crippen LogP contribution in [0.5, 0.6) is 11.5 Å². The average molecular weight is 638 g/mol. The van der Waals surface area contributed by atoms with Gasteiger partial charge in [0, 0.05) is 16.7 Å². The van der Waals surface area contributed by atoms with Crippen molar-refractivity contribution in [2.24, 2.45) is 5.92 Å². The van der Waals surface area contributed by atoms with E-state index in [-0.39, 0.29) is 28.0 Å². The number of alkyl halides is 2. The number of ether oxygens (including phenoxy) is 4. The van der Waals surface area contributed by atoms with Crippen LogP contribution in [0.2, 0.25) is 10.0 Å². The minimum Gasteiger partial charge on any atom is -0.619 e. The predicted octanol–water partition coefficient (Wildman–Crippen LogP) is 6.92. The number of fused-ring (bicyclic) bond motifs is 1. The zero-order valence-electron chi connectivity index (χ0n) is 21.8. The molecule has 2 aromatic carbocycles. The summed E-state index contributed by atoms with van der Waals surface area (Å²) in [5, 5.41) is 12.7. The van der Waals surface area contributed by atoms with Gasteiger partial charge in [-0.2, -0.15) is 13.5 Å². The third-order valence-electron chi connectivity index (χ3n) is 6.40. The van der Waals surface area contributed by atoms with Crippen molar-refractivity contribution in [2.75, 3.05) is 13.2 Å².